The second kappa shape index (κ2) is 3.48. The van der Waals surface area contributed by atoms with E-state index in [9.17, 15) is 4.32 Å². The summed E-state index contributed by atoms with van der Waals surface area (Å²) >= 11 is 0. The summed E-state index contributed by atoms with van der Waals surface area (Å²) in [5.74, 6) is 0. The molecular weight excluding hydrogens is 67.8 g/mol. The van der Waals surface area contributed by atoms with Gasteiger partial charge >= 0.3 is 7.56 Å². The van der Waals surface area contributed by atoms with E-state index in [1.807, 2.05) is 0 Å². The van der Waals surface area contributed by atoms with E-state index in [0.717, 1.165) is 0 Å². The maximum absolute atomic E-state index is 10.6. The summed E-state index contributed by atoms with van der Waals surface area (Å²) in [6, 6.07) is 1.59. The summed E-state index contributed by atoms with van der Waals surface area (Å²) < 4.78 is 10.6. The van der Waals surface area contributed by atoms with E-state index in [2.05, 4.69) is 0 Å². The fourth-order valence-corrected chi connectivity index (χ4v) is 0.0345. The zero-order valence-electron chi connectivity index (χ0n) is 2.61. The zero-order valence-corrected chi connectivity index (χ0v) is 2.61. The fraction of sp³-hybridized carbons (Fsp3) is 0.500. The molecule has 0 amide bonds. The summed E-state index contributed by atoms with van der Waals surface area (Å²) in [6.07, 6.45) is -0.0972. The van der Waals surface area contributed by atoms with Crippen LogP contribution in [0.25, 0.3) is 0 Å². The van der Waals surface area contributed by atoms with Gasteiger partial charge in [0, 0.05) is 6.32 Å². The van der Waals surface area contributed by atoms with Gasteiger partial charge in [0.15, 0.2) is 0 Å². The quantitative estimate of drug-likeness (QED) is 0.412. The molecule has 0 aliphatic heterocycles. The van der Waals surface area contributed by atoms with Crippen molar-refractivity contribution in [2.45, 2.75) is 6.32 Å². The number of nitriles is 1. The molecule has 0 N–H and O–H groups in total. The lowest BCUT2D eigenvalue weighted by atomic mass is 10.0. The molecular formula is C2H2BFN. The number of hydrogen-bond acceptors (Lipinski definition) is 1. The monoisotopic (exact) mass is 70.0 g/mol. The van der Waals surface area contributed by atoms with E-state index < -0.39 is 0 Å². The van der Waals surface area contributed by atoms with Crippen LogP contribution in [0.4, 0.5) is 4.32 Å². The third kappa shape index (κ3) is 3.48. The van der Waals surface area contributed by atoms with Gasteiger partial charge in [0.1, 0.15) is 0 Å². The largest absolute Gasteiger partial charge is 0.369 e. The Bertz CT molecular complexity index is 48.1. The normalized spacial score (nSPS) is 5.60. The maximum atomic E-state index is 10.6. The second-order valence-electron chi connectivity index (χ2n) is 0.517. The summed E-state index contributed by atoms with van der Waals surface area (Å²) in [5.41, 5.74) is 0. The topological polar surface area (TPSA) is 23.8 Å². The van der Waals surface area contributed by atoms with Crippen molar-refractivity contribution in [3.05, 3.63) is 0 Å². The van der Waals surface area contributed by atoms with Crippen LogP contribution in [0.5, 0.6) is 0 Å². The third-order valence-corrected chi connectivity index (χ3v) is 0.168. The molecule has 0 spiro atoms. The Morgan fingerprint density at radius 3 is 2.60 bits per heavy atom. The molecule has 1 radical (unpaired) electrons. The van der Waals surface area contributed by atoms with Crippen LogP contribution in [-0.4, -0.2) is 7.56 Å². The van der Waals surface area contributed by atoms with Crippen molar-refractivity contribution in [1.82, 2.24) is 0 Å². The molecule has 0 atom stereocenters. The number of hydrogen-bond donors (Lipinski definition) is 0. The number of nitrogens with zero attached hydrogens (tertiary/aromatic N) is 1. The lowest BCUT2D eigenvalue weighted by molar-refractivity contribution is 0.870. The van der Waals surface area contributed by atoms with Crippen LogP contribution in [0.2, 0.25) is 6.32 Å². The van der Waals surface area contributed by atoms with Gasteiger partial charge in [0.05, 0.1) is 6.07 Å². The van der Waals surface area contributed by atoms with Crippen LogP contribution in [0.1, 0.15) is 0 Å². The molecule has 5 heavy (non-hydrogen) atoms. The summed E-state index contributed by atoms with van der Waals surface area (Å²) in [6.45, 7) is 0. The molecule has 0 aliphatic rings. The van der Waals surface area contributed by atoms with Crippen molar-refractivity contribution in [2.75, 3.05) is 0 Å². The SMILES string of the molecule is N#CC[B]F. The predicted molar refractivity (Wildman–Crippen MR) is 17.3 cm³/mol. The Morgan fingerprint density at radius 2 is 2.60 bits per heavy atom. The van der Waals surface area contributed by atoms with Crippen LogP contribution < -0.4 is 0 Å². The van der Waals surface area contributed by atoms with Crippen molar-refractivity contribution in [3.63, 3.8) is 0 Å². The maximum Gasteiger partial charge on any atom is 0.369 e. The Morgan fingerprint density at radius 1 is 2.00 bits per heavy atom. The smallest absolute Gasteiger partial charge is 0.341 e. The molecule has 0 bridgehead atoms. The van der Waals surface area contributed by atoms with Crippen molar-refractivity contribution in [1.29, 1.82) is 5.26 Å². The van der Waals surface area contributed by atoms with E-state index in [-0.39, 0.29) is 6.32 Å². The van der Waals surface area contributed by atoms with Crippen LogP contribution in [0.15, 0.2) is 0 Å². The predicted octanol–water partition coefficient (Wildman–Crippen LogP) is 0.517. The van der Waals surface area contributed by atoms with Gasteiger partial charge < -0.3 is 4.32 Å². The molecule has 25 valence electrons. The molecule has 0 saturated carbocycles. The van der Waals surface area contributed by atoms with Gasteiger partial charge in [-0.1, -0.05) is 0 Å². The van der Waals surface area contributed by atoms with Gasteiger partial charge in [-0.3, -0.25) is 0 Å². The molecule has 0 saturated heterocycles. The summed E-state index contributed by atoms with van der Waals surface area (Å²) in [5, 5.41) is 7.54. The van der Waals surface area contributed by atoms with Crippen LogP contribution in [0.3, 0.4) is 0 Å². The molecule has 1 nitrogen and oxygen atoms in total. The molecule has 0 aromatic carbocycles. The minimum Gasteiger partial charge on any atom is -0.341 e. The Hall–Kier alpha value is -0.515. The minimum atomic E-state index is -0.0972. The zero-order chi connectivity index (χ0) is 4.12. The van der Waals surface area contributed by atoms with Crippen LogP contribution >= 0.6 is 0 Å². The molecule has 0 aromatic rings. The van der Waals surface area contributed by atoms with Crippen molar-refractivity contribution < 1.29 is 4.32 Å². The molecule has 0 unspecified atom stereocenters. The van der Waals surface area contributed by atoms with E-state index in [4.69, 9.17) is 5.26 Å². The standard InChI is InChI=1S/C2H2BFN/c4-3-1-2-5/h1H2. The number of rotatable bonds is 1. The lowest BCUT2D eigenvalue weighted by Crippen LogP contribution is -1.68. The van der Waals surface area contributed by atoms with Crippen molar-refractivity contribution >= 4 is 7.56 Å². The van der Waals surface area contributed by atoms with Crippen molar-refractivity contribution in [3.8, 4) is 6.07 Å². The Kier molecular flexibility index (Phi) is 3.13. The third-order valence-electron chi connectivity index (χ3n) is 0.168. The molecule has 0 rings (SSSR count). The van der Waals surface area contributed by atoms with E-state index in [1.54, 1.807) is 6.07 Å². The molecule has 0 aliphatic carbocycles. The van der Waals surface area contributed by atoms with Gasteiger partial charge in [-0.15, -0.1) is 0 Å². The first-order chi connectivity index (χ1) is 2.41. The van der Waals surface area contributed by atoms with E-state index >= 15 is 0 Å². The summed E-state index contributed by atoms with van der Waals surface area (Å²) in [7, 11) is 0.319. The average molecular weight is 69.9 g/mol. The highest BCUT2D eigenvalue weighted by Crippen LogP contribution is 1.68. The first-order valence-electron chi connectivity index (χ1n) is 1.20. The Balaban J connectivity index is 2.48. The van der Waals surface area contributed by atoms with Gasteiger partial charge in [-0.25, -0.2) is 0 Å². The van der Waals surface area contributed by atoms with E-state index in [0.29, 0.717) is 7.56 Å². The van der Waals surface area contributed by atoms with Crippen molar-refractivity contribution in [2.24, 2.45) is 0 Å². The second-order valence-corrected chi connectivity index (χ2v) is 0.517. The molecule has 0 aromatic heterocycles. The lowest BCUT2D eigenvalue weighted by Gasteiger charge is -1.57. The molecule has 3 heteroatoms. The number of halogens is 1. The fourth-order valence-electron chi connectivity index (χ4n) is 0.0345. The molecule has 0 heterocycles. The first-order valence-corrected chi connectivity index (χ1v) is 1.20. The van der Waals surface area contributed by atoms with Crippen LogP contribution in [0, 0.1) is 11.3 Å². The Labute approximate surface area is 30.7 Å². The summed E-state index contributed by atoms with van der Waals surface area (Å²) in [4.78, 5) is 0. The van der Waals surface area contributed by atoms with E-state index in [1.165, 1.54) is 0 Å². The highest BCUT2D eigenvalue weighted by molar-refractivity contribution is 6.27. The van der Waals surface area contributed by atoms with Gasteiger partial charge in [0.2, 0.25) is 0 Å². The average Bonchev–Trinajstić information content (AvgIpc) is 1.41. The first kappa shape index (κ1) is 4.48. The van der Waals surface area contributed by atoms with Gasteiger partial charge in [-0.2, -0.15) is 5.26 Å². The molecule has 0 fully saturated rings. The highest BCUT2D eigenvalue weighted by atomic mass is 19.1. The van der Waals surface area contributed by atoms with Crippen LogP contribution in [-0.2, 0) is 0 Å². The van der Waals surface area contributed by atoms with Gasteiger partial charge in [-0.05, 0) is 0 Å². The van der Waals surface area contributed by atoms with Gasteiger partial charge in [0.25, 0.3) is 0 Å². The highest BCUT2D eigenvalue weighted by Gasteiger charge is 1.77. The minimum absolute atomic E-state index is 0.0972.